The van der Waals surface area contributed by atoms with Gasteiger partial charge in [0.2, 0.25) is 0 Å². The SMILES string of the molecule is CCOC(=O)C1=C(C)SC2=NC(=O)C(=Cc3coc4ccccc4c3=O)C(=N)N21. The van der Waals surface area contributed by atoms with Gasteiger partial charge >= 0.3 is 5.97 Å². The molecule has 1 amide bonds. The quantitative estimate of drug-likeness (QED) is 0.612. The first-order chi connectivity index (χ1) is 13.9. The molecule has 1 aromatic carbocycles. The minimum atomic E-state index is -0.667. The van der Waals surface area contributed by atoms with E-state index in [2.05, 4.69) is 4.99 Å². The second-order valence-electron chi connectivity index (χ2n) is 6.19. The highest BCUT2D eigenvalue weighted by atomic mass is 32.2. The second kappa shape index (κ2) is 7.17. The van der Waals surface area contributed by atoms with E-state index in [0.29, 0.717) is 15.9 Å². The van der Waals surface area contributed by atoms with E-state index in [4.69, 9.17) is 14.6 Å². The smallest absolute Gasteiger partial charge is 0.356 e. The van der Waals surface area contributed by atoms with Gasteiger partial charge in [-0.3, -0.25) is 19.9 Å². The summed E-state index contributed by atoms with van der Waals surface area (Å²) in [5.41, 5.74) is 0.227. The van der Waals surface area contributed by atoms with Crippen LogP contribution < -0.4 is 5.43 Å². The Morgan fingerprint density at radius 1 is 1.34 bits per heavy atom. The first-order valence-electron chi connectivity index (χ1n) is 8.72. The number of para-hydroxylation sites is 1. The number of thioether (sulfide) groups is 1. The maximum Gasteiger partial charge on any atom is 0.356 e. The van der Waals surface area contributed by atoms with Crippen molar-refractivity contribution in [2.75, 3.05) is 6.61 Å². The predicted octanol–water partition coefficient (Wildman–Crippen LogP) is 2.89. The maximum atomic E-state index is 12.7. The number of fused-ring (bicyclic) bond motifs is 2. The molecule has 2 aliphatic rings. The molecular formula is C20H15N3O5S. The Balaban J connectivity index is 1.80. The van der Waals surface area contributed by atoms with Crippen LogP contribution in [0.15, 0.2) is 60.9 Å². The monoisotopic (exact) mass is 409 g/mol. The summed E-state index contributed by atoms with van der Waals surface area (Å²) < 4.78 is 10.5. The van der Waals surface area contributed by atoms with Crippen molar-refractivity contribution in [3.05, 3.63) is 62.5 Å². The molecule has 2 aliphatic heterocycles. The number of benzene rings is 1. The van der Waals surface area contributed by atoms with Crippen LogP contribution in [-0.2, 0) is 14.3 Å². The van der Waals surface area contributed by atoms with E-state index in [-0.39, 0.29) is 39.9 Å². The van der Waals surface area contributed by atoms with Crippen molar-refractivity contribution < 1.29 is 18.7 Å². The first kappa shape index (κ1) is 18.9. The van der Waals surface area contributed by atoms with Gasteiger partial charge in [0.1, 0.15) is 23.4 Å². The van der Waals surface area contributed by atoms with Crippen LogP contribution in [0, 0.1) is 5.41 Å². The van der Waals surface area contributed by atoms with Crippen molar-refractivity contribution in [2.45, 2.75) is 13.8 Å². The molecule has 2 aromatic rings. The lowest BCUT2D eigenvalue weighted by atomic mass is 10.1. The third kappa shape index (κ3) is 3.09. The van der Waals surface area contributed by atoms with Crippen molar-refractivity contribution in [1.82, 2.24) is 4.90 Å². The van der Waals surface area contributed by atoms with Gasteiger partial charge in [0.15, 0.2) is 10.6 Å². The number of esters is 1. The van der Waals surface area contributed by atoms with Gasteiger partial charge in [0.05, 0.1) is 23.1 Å². The summed E-state index contributed by atoms with van der Waals surface area (Å²) in [6.45, 7) is 3.55. The number of carbonyl (C=O) groups is 2. The lowest BCUT2D eigenvalue weighted by molar-refractivity contribution is -0.139. The van der Waals surface area contributed by atoms with E-state index in [1.807, 2.05) is 0 Å². The highest BCUT2D eigenvalue weighted by molar-refractivity contribution is 8.17. The number of rotatable bonds is 3. The number of nitrogens with zero attached hydrogens (tertiary/aromatic N) is 2. The molecule has 0 bridgehead atoms. The van der Waals surface area contributed by atoms with Gasteiger partial charge in [-0.1, -0.05) is 23.9 Å². The van der Waals surface area contributed by atoms with Crippen LogP contribution in [0.2, 0.25) is 0 Å². The van der Waals surface area contributed by atoms with Crippen molar-refractivity contribution in [1.29, 1.82) is 5.41 Å². The third-order valence-corrected chi connectivity index (χ3v) is 5.33. The van der Waals surface area contributed by atoms with Gasteiger partial charge in [0.25, 0.3) is 5.91 Å². The Kier molecular flexibility index (Phi) is 4.67. The topological polar surface area (TPSA) is 113 Å². The molecule has 0 atom stereocenters. The average molecular weight is 409 g/mol. The fourth-order valence-corrected chi connectivity index (χ4v) is 3.99. The fraction of sp³-hybridized carbons (Fsp3) is 0.150. The zero-order valence-electron chi connectivity index (χ0n) is 15.5. The number of carbonyl (C=O) groups excluding carboxylic acids is 2. The number of hydrogen-bond donors (Lipinski definition) is 1. The Labute approximate surface area is 169 Å². The highest BCUT2D eigenvalue weighted by Crippen LogP contribution is 2.38. The Hall–Kier alpha value is -3.46. The van der Waals surface area contributed by atoms with Crippen molar-refractivity contribution in [2.24, 2.45) is 4.99 Å². The van der Waals surface area contributed by atoms with Crippen molar-refractivity contribution in [3.63, 3.8) is 0 Å². The van der Waals surface area contributed by atoms with Crippen molar-refractivity contribution >= 4 is 51.7 Å². The highest BCUT2D eigenvalue weighted by Gasteiger charge is 2.41. The molecule has 9 heteroatoms. The third-order valence-electron chi connectivity index (χ3n) is 4.37. The molecule has 0 saturated carbocycles. The molecule has 146 valence electrons. The first-order valence-corrected chi connectivity index (χ1v) is 9.54. The molecule has 0 radical (unpaired) electrons. The molecule has 0 fully saturated rings. The van der Waals surface area contributed by atoms with E-state index in [1.54, 1.807) is 38.1 Å². The molecule has 0 saturated heterocycles. The summed E-state index contributed by atoms with van der Waals surface area (Å²) >= 11 is 1.12. The standard InChI is InChI=1S/C20H15N3O5S/c1-3-27-19(26)15-10(2)29-20-22-18(25)13(17(21)23(15)20)8-11-9-28-14-7-5-4-6-12(14)16(11)24/h4-9,21H,3H2,1-2H3. The van der Waals surface area contributed by atoms with Crippen LogP contribution in [0.4, 0.5) is 0 Å². The van der Waals surface area contributed by atoms with Gasteiger partial charge in [-0.2, -0.15) is 4.99 Å². The largest absolute Gasteiger partial charge is 0.463 e. The number of allylic oxidation sites excluding steroid dienone is 1. The van der Waals surface area contributed by atoms with Gasteiger partial charge in [-0.15, -0.1) is 0 Å². The molecule has 0 aliphatic carbocycles. The van der Waals surface area contributed by atoms with Gasteiger partial charge in [-0.25, -0.2) is 4.79 Å². The van der Waals surface area contributed by atoms with Gasteiger partial charge in [-0.05, 0) is 32.1 Å². The van der Waals surface area contributed by atoms with E-state index < -0.39 is 11.9 Å². The Bertz CT molecular complexity index is 1240. The summed E-state index contributed by atoms with van der Waals surface area (Å²) in [7, 11) is 0. The fourth-order valence-electron chi connectivity index (χ4n) is 3.05. The molecule has 4 rings (SSSR count). The normalized spacial score (nSPS) is 17.8. The van der Waals surface area contributed by atoms with Crippen LogP contribution in [0.25, 0.3) is 17.0 Å². The number of ether oxygens (including phenoxy) is 1. The van der Waals surface area contributed by atoms with Gasteiger partial charge < -0.3 is 9.15 Å². The minimum Gasteiger partial charge on any atom is -0.463 e. The molecule has 1 aromatic heterocycles. The van der Waals surface area contributed by atoms with Crippen LogP contribution in [-0.4, -0.2) is 34.4 Å². The van der Waals surface area contributed by atoms with Crippen LogP contribution in [0.3, 0.4) is 0 Å². The molecule has 0 unspecified atom stereocenters. The predicted molar refractivity (Wildman–Crippen MR) is 109 cm³/mol. The van der Waals surface area contributed by atoms with E-state index >= 15 is 0 Å². The second-order valence-corrected chi connectivity index (χ2v) is 7.37. The molecule has 3 heterocycles. The van der Waals surface area contributed by atoms with E-state index in [0.717, 1.165) is 11.8 Å². The van der Waals surface area contributed by atoms with Crippen molar-refractivity contribution in [3.8, 4) is 0 Å². The molecular weight excluding hydrogens is 394 g/mol. The molecule has 1 N–H and O–H groups in total. The maximum absolute atomic E-state index is 12.7. The molecule has 29 heavy (non-hydrogen) atoms. The Morgan fingerprint density at radius 2 is 2.10 bits per heavy atom. The minimum absolute atomic E-state index is 0.112. The lowest BCUT2D eigenvalue weighted by Gasteiger charge is -2.25. The lowest BCUT2D eigenvalue weighted by Crippen LogP contribution is -2.40. The molecule has 0 spiro atoms. The number of nitrogens with one attached hydrogen (secondary N) is 1. The number of amidine groups is 2. The average Bonchev–Trinajstić information content (AvgIpc) is 3.03. The summed E-state index contributed by atoms with van der Waals surface area (Å²) in [6.07, 6.45) is 2.51. The van der Waals surface area contributed by atoms with Crippen LogP contribution >= 0.6 is 11.8 Å². The summed E-state index contributed by atoms with van der Waals surface area (Å²) in [4.78, 5) is 43.4. The van der Waals surface area contributed by atoms with E-state index in [1.165, 1.54) is 17.2 Å². The number of amides is 1. The van der Waals surface area contributed by atoms with Crippen LogP contribution in [0.1, 0.15) is 19.4 Å². The zero-order chi connectivity index (χ0) is 20.7. The number of hydrogen-bond acceptors (Lipinski definition) is 7. The number of aliphatic imine (C=N–C) groups is 1. The summed E-state index contributed by atoms with van der Waals surface area (Å²) in [5.74, 6) is -1.52. The Morgan fingerprint density at radius 3 is 2.86 bits per heavy atom. The summed E-state index contributed by atoms with van der Waals surface area (Å²) in [6, 6.07) is 6.74. The van der Waals surface area contributed by atoms with Crippen LogP contribution in [0.5, 0.6) is 0 Å². The van der Waals surface area contributed by atoms with E-state index in [9.17, 15) is 14.4 Å². The zero-order valence-corrected chi connectivity index (χ0v) is 16.3. The van der Waals surface area contributed by atoms with Gasteiger partial charge in [0, 0.05) is 4.91 Å². The summed E-state index contributed by atoms with van der Waals surface area (Å²) in [5, 5.41) is 9.07. The molecule has 8 nitrogen and oxygen atoms in total.